The third kappa shape index (κ3) is 2.99. The number of nitrogens with zero attached hydrogens (tertiary/aromatic N) is 2. The van der Waals surface area contributed by atoms with Gasteiger partial charge in [-0.3, -0.25) is 9.69 Å². The van der Waals surface area contributed by atoms with Crippen molar-refractivity contribution in [3.63, 3.8) is 0 Å². The second kappa shape index (κ2) is 5.83. The topological polar surface area (TPSA) is 49.6 Å². The summed E-state index contributed by atoms with van der Waals surface area (Å²) >= 11 is 0. The Balaban J connectivity index is 1.95. The van der Waals surface area contributed by atoms with E-state index in [4.69, 9.17) is 5.73 Å². The van der Waals surface area contributed by atoms with Crippen LogP contribution in [0.25, 0.3) is 0 Å². The molecule has 0 aromatic carbocycles. The van der Waals surface area contributed by atoms with E-state index in [1.54, 1.807) is 0 Å². The molecule has 4 heteroatoms. The van der Waals surface area contributed by atoms with Crippen molar-refractivity contribution in [2.75, 3.05) is 26.2 Å². The number of piperidine rings is 1. The molecule has 1 amide bonds. The van der Waals surface area contributed by atoms with E-state index in [0.717, 1.165) is 45.4 Å². The van der Waals surface area contributed by atoms with Gasteiger partial charge in [-0.1, -0.05) is 13.3 Å². The number of amides is 1. The zero-order chi connectivity index (χ0) is 12.3. The summed E-state index contributed by atoms with van der Waals surface area (Å²) in [6.45, 7) is 5.94. The zero-order valence-electron chi connectivity index (χ0n) is 10.9. The molecule has 2 atom stereocenters. The monoisotopic (exact) mass is 239 g/mol. The lowest BCUT2D eigenvalue weighted by atomic mass is 10.0. The van der Waals surface area contributed by atoms with Crippen molar-refractivity contribution in [1.82, 2.24) is 9.80 Å². The van der Waals surface area contributed by atoms with Crippen LogP contribution in [0.1, 0.15) is 39.0 Å². The van der Waals surface area contributed by atoms with Gasteiger partial charge in [0.25, 0.3) is 0 Å². The Morgan fingerprint density at radius 3 is 2.76 bits per heavy atom. The number of rotatable bonds is 3. The summed E-state index contributed by atoms with van der Waals surface area (Å²) in [7, 11) is 0. The van der Waals surface area contributed by atoms with Crippen LogP contribution in [0.5, 0.6) is 0 Å². The molecule has 0 radical (unpaired) electrons. The smallest absolute Gasteiger partial charge is 0.239 e. The van der Waals surface area contributed by atoms with Gasteiger partial charge < -0.3 is 10.6 Å². The predicted molar refractivity (Wildman–Crippen MR) is 68.7 cm³/mol. The molecule has 2 heterocycles. The summed E-state index contributed by atoms with van der Waals surface area (Å²) in [5, 5.41) is 0. The molecular weight excluding hydrogens is 214 g/mol. The molecule has 2 N–H and O–H groups in total. The standard InChI is InChI=1S/C13H25N3O/c1-2-7-15-8-4-3-5-12(15)13(17)16-9-6-11(14)10-16/h11-12H,2-10,14H2,1H3/t11-,12+/m1/s1. The van der Waals surface area contributed by atoms with Crippen molar-refractivity contribution in [3.8, 4) is 0 Å². The summed E-state index contributed by atoms with van der Waals surface area (Å²) < 4.78 is 0. The number of likely N-dealkylation sites (tertiary alicyclic amines) is 2. The molecule has 0 aromatic rings. The van der Waals surface area contributed by atoms with Gasteiger partial charge in [0.05, 0.1) is 6.04 Å². The van der Waals surface area contributed by atoms with Crippen LogP contribution in [0.4, 0.5) is 0 Å². The van der Waals surface area contributed by atoms with Crippen molar-refractivity contribution in [3.05, 3.63) is 0 Å². The van der Waals surface area contributed by atoms with Crippen molar-refractivity contribution < 1.29 is 4.79 Å². The van der Waals surface area contributed by atoms with E-state index in [1.165, 1.54) is 12.8 Å². The first kappa shape index (κ1) is 12.8. The average molecular weight is 239 g/mol. The van der Waals surface area contributed by atoms with Crippen LogP contribution in [0.3, 0.4) is 0 Å². The lowest BCUT2D eigenvalue weighted by molar-refractivity contribution is -0.137. The van der Waals surface area contributed by atoms with Crippen LogP contribution >= 0.6 is 0 Å². The molecule has 2 fully saturated rings. The predicted octanol–water partition coefficient (Wildman–Crippen LogP) is 0.811. The maximum atomic E-state index is 12.5. The number of nitrogens with two attached hydrogens (primary N) is 1. The highest BCUT2D eigenvalue weighted by atomic mass is 16.2. The van der Waals surface area contributed by atoms with E-state index in [2.05, 4.69) is 11.8 Å². The Morgan fingerprint density at radius 2 is 2.12 bits per heavy atom. The van der Waals surface area contributed by atoms with E-state index >= 15 is 0 Å². The van der Waals surface area contributed by atoms with Crippen molar-refractivity contribution in [2.24, 2.45) is 5.73 Å². The molecule has 2 aliphatic heterocycles. The summed E-state index contributed by atoms with van der Waals surface area (Å²) in [6, 6.07) is 0.330. The first-order valence-electron chi connectivity index (χ1n) is 7.00. The molecule has 2 rings (SSSR count). The highest BCUT2D eigenvalue weighted by Crippen LogP contribution is 2.21. The van der Waals surface area contributed by atoms with Gasteiger partial charge in [0.2, 0.25) is 5.91 Å². The number of hydrogen-bond acceptors (Lipinski definition) is 3. The maximum absolute atomic E-state index is 12.5. The quantitative estimate of drug-likeness (QED) is 0.793. The Kier molecular flexibility index (Phi) is 4.40. The van der Waals surface area contributed by atoms with Crippen LogP contribution in [0.15, 0.2) is 0 Å². The van der Waals surface area contributed by atoms with E-state index in [-0.39, 0.29) is 12.1 Å². The molecule has 17 heavy (non-hydrogen) atoms. The van der Waals surface area contributed by atoms with Gasteiger partial charge in [0.15, 0.2) is 0 Å². The average Bonchev–Trinajstić information content (AvgIpc) is 2.76. The number of carbonyl (C=O) groups excluding carboxylic acids is 1. The molecule has 0 unspecified atom stereocenters. The van der Waals surface area contributed by atoms with Gasteiger partial charge in [0, 0.05) is 19.1 Å². The first-order valence-corrected chi connectivity index (χ1v) is 7.00. The number of carbonyl (C=O) groups is 1. The van der Waals surface area contributed by atoms with Crippen LogP contribution in [0.2, 0.25) is 0 Å². The third-order valence-corrected chi connectivity index (χ3v) is 3.95. The Hall–Kier alpha value is -0.610. The van der Waals surface area contributed by atoms with Crippen LogP contribution in [-0.2, 0) is 4.79 Å². The van der Waals surface area contributed by atoms with Gasteiger partial charge in [-0.15, -0.1) is 0 Å². The van der Waals surface area contributed by atoms with Crippen LogP contribution in [-0.4, -0.2) is 54.0 Å². The molecule has 4 nitrogen and oxygen atoms in total. The molecule has 2 saturated heterocycles. The highest BCUT2D eigenvalue weighted by molar-refractivity contribution is 5.82. The fraction of sp³-hybridized carbons (Fsp3) is 0.923. The Bertz CT molecular complexity index is 267. The van der Waals surface area contributed by atoms with Gasteiger partial charge in [-0.2, -0.15) is 0 Å². The van der Waals surface area contributed by atoms with Gasteiger partial charge >= 0.3 is 0 Å². The fourth-order valence-electron chi connectivity index (χ4n) is 3.02. The first-order chi connectivity index (χ1) is 8.22. The second-order valence-electron chi connectivity index (χ2n) is 5.38. The summed E-state index contributed by atoms with van der Waals surface area (Å²) in [6.07, 6.45) is 5.56. The van der Waals surface area contributed by atoms with Gasteiger partial charge in [-0.05, 0) is 38.8 Å². The summed E-state index contributed by atoms with van der Waals surface area (Å²) in [5.41, 5.74) is 5.88. The van der Waals surface area contributed by atoms with Crippen molar-refractivity contribution in [1.29, 1.82) is 0 Å². The summed E-state index contributed by atoms with van der Waals surface area (Å²) in [4.78, 5) is 16.8. The van der Waals surface area contributed by atoms with E-state index in [0.29, 0.717) is 5.91 Å². The lowest BCUT2D eigenvalue weighted by Gasteiger charge is -2.36. The largest absolute Gasteiger partial charge is 0.340 e. The minimum absolute atomic E-state index is 0.133. The molecular formula is C13H25N3O. The normalized spacial score (nSPS) is 30.8. The number of hydrogen-bond donors (Lipinski definition) is 1. The van der Waals surface area contributed by atoms with Crippen molar-refractivity contribution >= 4 is 5.91 Å². The molecule has 0 aromatic heterocycles. The minimum atomic E-state index is 0.133. The third-order valence-electron chi connectivity index (χ3n) is 3.95. The fourth-order valence-corrected chi connectivity index (χ4v) is 3.02. The molecule has 0 aliphatic carbocycles. The SMILES string of the molecule is CCCN1CCCC[C@H]1C(=O)N1CC[C@@H](N)C1. The van der Waals surface area contributed by atoms with E-state index < -0.39 is 0 Å². The highest BCUT2D eigenvalue weighted by Gasteiger charge is 2.33. The lowest BCUT2D eigenvalue weighted by Crippen LogP contribution is -2.50. The van der Waals surface area contributed by atoms with Crippen LogP contribution < -0.4 is 5.73 Å². The minimum Gasteiger partial charge on any atom is -0.340 e. The zero-order valence-corrected chi connectivity index (χ0v) is 10.9. The summed E-state index contributed by atoms with van der Waals surface area (Å²) in [5.74, 6) is 0.325. The Labute approximate surface area is 104 Å². The molecule has 0 bridgehead atoms. The van der Waals surface area contributed by atoms with E-state index in [9.17, 15) is 4.79 Å². The molecule has 0 spiro atoms. The van der Waals surface area contributed by atoms with Crippen molar-refractivity contribution in [2.45, 2.75) is 51.1 Å². The molecule has 98 valence electrons. The van der Waals surface area contributed by atoms with Gasteiger partial charge in [-0.25, -0.2) is 0 Å². The molecule has 2 aliphatic rings. The van der Waals surface area contributed by atoms with Gasteiger partial charge in [0.1, 0.15) is 0 Å². The van der Waals surface area contributed by atoms with E-state index in [1.807, 2.05) is 4.90 Å². The molecule has 0 saturated carbocycles. The maximum Gasteiger partial charge on any atom is 0.239 e. The van der Waals surface area contributed by atoms with Crippen LogP contribution in [0, 0.1) is 0 Å². The Morgan fingerprint density at radius 1 is 1.29 bits per heavy atom. The second-order valence-corrected chi connectivity index (χ2v) is 5.38.